The maximum atomic E-state index is 11.1. The molecule has 0 N–H and O–H groups in total. The molecular weight excluding hydrogens is 333 g/mol. The van der Waals surface area contributed by atoms with E-state index in [4.69, 9.17) is 23.2 Å². The molecule has 6 heteroatoms. The number of hydrogen-bond acceptors (Lipinski definition) is 4. The Balaban J connectivity index is 2.15. The minimum Gasteiger partial charge on any atom is -0.150 e. The molecule has 3 rings (SSSR count). The van der Waals surface area contributed by atoms with Gasteiger partial charge in [0.2, 0.25) is 0 Å². The Bertz CT molecular complexity index is 939. The van der Waals surface area contributed by atoms with Gasteiger partial charge in [-0.3, -0.25) is 0 Å². The molecule has 0 amide bonds. The van der Waals surface area contributed by atoms with Gasteiger partial charge < -0.3 is 0 Å². The lowest BCUT2D eigenvalue weighted by Crippen LogP contribution is -1.80. The molecule has 0 spiro atoms. The normalized spacial score (nSPS) is 11.3. The van der Waals surface area contributed by atoms with Crippen molar-refractivity contribution >= 4 is 51.0 Å². The summed E-state index contributed by atoms with van der Waals surface area (Å²) in [6, 6.07) is 14.2. The van der Waals surface area contributed by atoms with Crippen LogP contribution in [0.4, 0.5) is 17.1 Å². The van der Waals surface area contributed by atoms with Gasteiger partial charge in [-0.2, -0.15) is 0 Å². The summed E-state index contributed by atoms with van der Waals surface area (Å²) in [5.74, 6) is 0. The van der Waals surface area contributed by atoms with E-state index in [0.717, 1.165) is 16.3 Å². The fourth-order valence-electron chi connectivity index (χ4n) is 2.35. The highest BCUT2D eigenvalue weighted by molar-refractivity contribution is 6.35. The maximum Gasteiger partial charge on any atom is 0.118 e. The molecule has 0 saturated heterocycles. The Morgan fingerprint density at radius 3 is 2.30 bits per heavy atom. The lowest BCUT2D eigenvalue weighted by atomic mass is 10.0. The molecule has 0 bridgehead atoms. The van der Waals surface area contributed by atoms with Crippen molar-refractivity contribution < 1.29 is 0 Å². The molecule has 0 fully saturated rings. The molecule has 0 aromatic heterocycles. The first-order chi connectivity index (χ1) is 11.1. The second-order valence-electron chi connectivity index (χ2n) is 4.99. The lowest BCUT2D eigenvalue weighted by molar-refractivity contribution is 1.23. The first kappa shape index (κ1) is 15.6. The first-order valence-corrected chi connectivity index (χ1v) is 7.58. The number of fused-ring (bicyclic) bond motifs is 1. The number of hydrogen-bond donors (Lipinski definition) is 0. The molecule has 0 unspecified atom stereocenters. The molecule has 0 heterocycles. The number of nitroso groups, excluding NO2 is 1. The molecular formula is C17H11Cl2N3O. The molecule has 0 aliphatic carbocycles. The van der Waals surface area contributed by atoms with Crippen molar-refractivity contribution in [1.82, 2.24) is 0 Å². The van der Waals surface area contributed by atoms with Crippen molar-refractivity contribution in [2.75, 3.05) is 0 Å². The Labute approximate surface area is 142 Å². The fourth-order valence-corrected chi connectivity index (χ4v) is 2.67. The number of benzene rings is 3. The monoisotopic (exact) mass is 343 g/mol. The minimum absolute atomic E-state index is 0.417. The van der Waals surface area contributed by atoms with Gasteiger partial charge >= 0.3 is 0 Å². The van der Waals surface area contributed by atoms with Crippen LogP contribution in [-0.2, 0) is 0 Å². The van der Waals surface area contributed by atoms with Crippen molar-refractivity contribution in [1.29, 1.82) is 0 Å². The third-order valence-electron chi connectivity index (χ3n) is 3.45. The van der Waals surface area contributed by atoms with Gasteiger partial charge in [0, 0.05) is 15.8 Å². The fraction of sp³-hybridized carbons (Fsp3) is 0.0588. The van der Waals surface area contributed by atoms with E-state index in [2.05, 4.69) is 15.4 Å². The van der Waals surface area contributed by atoms with Crippen LogP contribution in [0, 0.1) is 11.8 Å². The zero-order valence-electron chi connectivity index (χ0n) is 12.1. The molecule has 0 aliphatic heterocycles. The Morgan fingerprint density at radius 1 is 0.870 bits per heavy atom. The van der Waals surface area contributed by atoms with E-state index in [0.29, 0.717) is 27.1 Å². The standard InChI is InChI=1S/C17H11Cl2N3O/c1-10-8-15(12-4-2-3-5-13(12)17(10)22-23)20-21-16-9-11(18)6-7-14(16)19/h2-9H,1H3. The number of nitrogens with zero attached hydrogens (tertiary/aromatic N) is 3. The van der Waals surface area contributed by atoms with Gasteiger partial charge in [0.15, 0.2) is 0 Å². The highest BCUT2D eigenvalue weighted by Gasteiger charge is 2.10. The van der Waals surface area contributed by atoms with E-state index < -0.39 is 0 Å². The van der Waals surface area contributed by atoms with Crippen molar-refractivity contribution in [2.24, 2.45) is 15.4 Å². The predicted molar refractivity (Wildman–Crippen MR) is 94.8 cm³/mol. The topological polar surface area (TPSA) is 54.1 Å². The van der Waals surface area contributed by atoms with E-state index in [-0.39, 0.29) is 0 Å². The van der Waals surface area contributed by atoms with Gasteiger partial charge in [-0.05, 0) is 41.9 Å². The van der Waals surface area contributed by atoms with Crippen LogP contribution in [0.5, 0.6) is 0 Å². The molecule has 0 aliphatic rings. The van der Waals surface area contributed by atoms with E-state index in [9.17, 15) is 4.91 Å². The van der Waals surface area contributed by atoms with Gasteiger partial charge in [0.25, 0.3) is 0 Å². The Morgan fingerprint density at radius 2 is 1.57 bits per heavy atom. The summed E-state index contributed by atoms with van der Waals surface area (Å²) in [6.45, 7) is 1.81. The Kier molecular flexibility index (Phi) is 4.37. The summed E-state index contributed by atoms with van der Waals surface area (Å²) >= 11 is 12.0. The van der Waals surface area contributed by atoms with E-state index in [1.807, 2.05) is 31.2 Å². The second-order valence-corrected chi connectivity index (χ2v) is 5.84. The summed E-state index contributed by atoms with van der Waals surface area (Å²) in [5.41, 5.74) is 2.28. The first-order valence-electron chi connectivity index (χ1n) is 6.82. The van der Waals surface area contributed by atoms with Gasteiger partial charge in [-0.25, -0.2) is 0 Å². The average Bonchev–Trinajstić information content (AvgIpc) is 2.55. The molecule has 0 radical (unpaired) electrons. The van der Waals surface area contributed by atoms with Crippen molar-refractivity contribution in [2.45, 2.75) is 6.92 Å². The molecule has 23 heavy (non-hydrogen) atoms. The van der Waals surface area contributed by atoms with Crippen LogP contribution >= 0.6 is 23.2 Å². The molecule has 114 valence electrons. The second kappa shape index (κ2) is 6.44. The summed E-state index contributed by atoms with van der Waals surface area (Å²) < 4.78 is 0. The smallest absolute Gasteiger partial charge is 0.118 e. The van der Waals surface area contributed by atoms with Crippen molar-refractivity contribution in [3.8, 4) is 0 Å². The third kappa shape index (κ3) is 3.09. The van der Waals surface area contributed by atoms with Crippen LogP contribution in [0.2, 0.25) is 10.0 Å². The maximum absolute atomic E-state index is 11.1. The van der Waals surface area contributed by atoms with Crippen molar-refractivity contribution in [3.05, 3.63) is 69.0 Å². The number of aryl methyl sites for hydroxylation is 1. The zero-order valence-corrected chi connectivity index (χ0v) is 13.6. The summed E-state index contributed by atoms with van der Waals surface area (Å²) in [6.07, 6.45) is 0. The Hall–Kier alpha value is -2.30. The van der Waals surface area contributed by atoms with E-state index in [1.165, 1.54) is 0 Å². The average molecular weight is 344 g/mol. The minimum atomic E-state index is 0.417. The number of azo groups is 1. The van der Waals surface area contributed by atoms with Crippen molar-refractivity contribution in [3.63, 3.8) is 0 Å². The van der Waals surface area contributed by atoms with Gasteiger partial charge in [-0.15, -0.1) is 15.1 Å². The lowest BCUT2D eigenvalue weighted by Gasteiger charge is -2.06. The molecule has 3 aromatic carbocycles. The third-order valence-corrected chi connectivity index (χ3v) is 4.00. The van der Waals surface area contributed by atoms with Crippen LogP contribution in [0.1, 0.15) is 5.56 Å². The van der Waals surface area contributed by atoms with Crippen LogP contribution in [0.25, 0.3) is 10.8 Å². The summed E-state index contributed by atoms with van der Waals surface area (Å²) in [5, 5.41) is 14.1. The van der Waals surface area contributed by atoms with Crippen LogP contribution in [0.3, 0.4) is 0 Å². The molecule has 3 aromatic rings. The summed E-state index contributed by atoms with van der Waals surface area (Å²) in [7, 11) is 0. The molecule has 0 atom stereocenters. The van der Waals surface area contributed by atoms with Gasteiger partial charge in [-0.1, -0.05) is 47.5 Å². The molecule has 0 saturated carbocycles. The predicted octanol–water partition coefficient (Wildman–Crippen LogP) is 7.27. The van der Waals surface area contributed by atoms with Crippen LogP contribution in [-0.4, -0.2) is 0 Å². The highest BCUT2D eigenvalue weighted by atomic mass is 35.5. The van der Waals surface area contributed by atoms with Crippen LogP contribution < -0.4 is 0 Å². The van der Waals surface area contributed by atoms with E-state index in [1.54, 1.807) is 24.3 Å². The van der Waals surface area contributed by atoms with Gasteiger partial charge in [0.1, 0.15) is 11.4 Å². The highest BCUT2D eigenvalue weighted by Crippen LogP contribution is 2.38. The SMILES string of the molecule is Cc1cc(N=Nc2cc(Cl)ccc2Cl)c2ccccc2c1N=O. The quantitative estimate of drug-likeness (QED) is 0.364. The number of rotatable bonds is 3. The molecule has 4 nitrogen and oxygen atoms in total. The largest absolute Gasteiger partial charge is 0.150 e. The van der Waals surface area contributed by atoms with Crippen LogP contribution in [0.15, 0.2) is 63.9 Å². The zero-order chi connectivity index (χ0) is 16.4. The summed E-state index contributed by atoms with van der Waals surface area (Å²) in [4.78, 5) is 11.1. The van der Waals surface area contributed by atoms with E-state index >= 15 is 0 Å². The van der Waals surface area contributed by atoms with Gasteiger partial charge in [0.05, 0.1) is 10.7 Å². The number of halogens is 2.